The number of hydrogen-bond donors (Lipinski definition) is 2. The first-order valence-corrected chi connectivity index (χ1v) is 13.5. The first-order valence-electron chi connectivity index (χ1n) is 12.8. The van der Waals surface area contributed by atoms with Crippen molar-refractivity contribution < 1.29 is 18.7 Å². The first kappa shape index (κ1) is 26.4. The number of anilines is 1. The Morgan fingerprint density at radius 1 is 1.19 bits per heavy atom. The van der Waals surface area contributed by atoms with Crippen molar-refractivity contribution in [3.63, 3.8) is 0 Å². The van der Waals surface area contributed by atoms with Crippen LogP contribution in [-0.2, 0) is 19.7 Å². The number of carbonyl (C=O) groups excluding carboxylic acids is 2. The number of benzene rings is 1. The maximum Gasteiger partial charge on any atom is 0.323 e. The molecular formula is C28H32Cl2FN3O3. The highest BCUT2D eigenvalue weighted by molar-refractivity contribution is 6.31. The van der Waals surface area contributed by atoms with Crippen LogP contribution in [0.2, 0.25) is 10.2 Å². The predicted octanol–water partition coefficient (Wildman–Crippen LogP) is 6.01. The van der Waals surface area contributed by atoms with Gasteiger partial charge in [0.15, 0.2) is 11.0 Å². The molecule has 2 aromatic rings. The molecule has 1 saturated heterocycles. The SMILES string of the molecule is CC(C)COC(=O)[C@@H]1NC2(CCC(C)(C)CC2)[C@@]2(C(=O)Nc3cc(Cl)ccc32)[C@H]1c1ccnc(Cl)c1F. The zero-order chi connectivity index (χ0) is 26.8. The summed E-state index contributed by atoms with van der Waals surface area (Å²) in [5.74, 6) is -2.33. The number of halogens is 3. The second-order valence-electron chi connectivity index (χ2n) is 11.8. The number of nitrogens with zero attached hydrogens (tertiary/aromatic N) is 1. The summed E-state index contributed by atoms with van der Waals surface area (Å²) in [6.07, 6.45) is 4.33. The van der Waals surface area contributed by atoms with Crippen LogP contribution in [0.3, 0.4) is 0 Å². The van der Waals surface area contributed by atoms with Gasteiger partial charge in [-0.25, -0.2) is 9.37 Å². The number of hydrogen-bond acceptors (Lipinski definition) is 5. The molecule has 3 atom stereocenters. The lowest BCUT2D eigenvalue weighted by Gasteiger charge is -2.50. The van der Waals surface area contributed by atoms with E-state index >= 15 is 4.39 Å². The Balaban J connectivity index is 1.78. The van der Waals surface area contributed by atoms with Crippen molar-refractivity contribution in [3.8, 4) is 0 Å². The van der Waals surface area contributed by atoms with Gasteiger partial charge in [0, 0.05) is 28.4 Å². The van der Waals surface area contributed by atoms with Gasteiger partial charge >= 0.3 is 5.97 Å². The van der Waals surface area contributed by atoms with Crippen LogP contribution in [0, 0.1) is 17.2 Å². The number of nitrogens with one attached hydrogen (secondary N) is 2. The number of pyridine rings is 1. The van der Waals surface area contributed by atoms with Crippen LogP contribution >= 0.6 is 23.2 Å². The molecule has 1 aliphatic carbocycles. The van der Waals surface area contributed by atoms with Gasteiger partial charge in [-0.3, -0.25) is 14.9 Å². The molecule has 1 aromatic heterocycles. The van der Waals surface area contributed by atoms with E-state index in [0.717, 1.165) is 12.8 Å². The summed E-state index contributed by atoms with van der Waals surface area (Å²) in [5.41, 5.74) is -0.603. The Morgan fingerprint density at radius 3 is 2.57 bits per heavy atom. The summed E-state index contributed by atoms with van der Waals surface area (Å²) in [7, 11) is 0. The molecule has 0 radical (unpaired) electrons. The molecule has 2 N–H and O–H groups in total. The average molecular weight is 548 g/mol. The number of ether oxygens (including phenoxy) is 1. The van der Waals surface area contributed by atoms with Crippen LogP contribution in [0.25, 0.3) is 0 Å². The molecular weight excluding hydrogens is 516 g/mol. The van der Waals surface area contributed by atoms with Crippen molar-refractivity contribution in [3.05, 3.63) is 57.6 Å². The summed E-state index contributed by atoms with van der Waals surface area (Å²) in [6.45, 7) is 8.53. The molecule has 198 valence electrons. The Bertz CT molecular complexity index is 1260. The number of aromatic nitrogens is 1. The van der Waals surface area contributed by atoms with E-state index in [0.29, 0.717) is 29.1 Å². The molecule has 5 rings (SSSR count). The topological polar surface area (TPSA) is 80.3 Å². The minimum atomic E-state index is -1.30. The van der Waals surface area contributed by atoms with E-state index in [2.05, 4.69) is 29.5 Å². The van der Waals surface area contributed by atoms with Gasteiger partial charge in [-0.05, 0) is 66.3 Å². The van der Waals surface area contributed by atoms with E-state index in [9.17, 15) is 9.59 Å². The van der Waals surface area contributed by atoms with Crippen molar-refractivity contribution >= 4 is 40.8 Å². The molecule has 37 heavy (non-hydrogen) atoms. The van der Waals surface area contributed by atoms with Gasteiger partial charge in [-0.2, -0.15) is 0 Å². The van der Waals surface area contributed by atoms with E-state index in [-0.39, 0.29) is 34.6 Å². The van der Waals surface area contributed by atoms with Crippen LogP contribution in [-0.4, -0.2) is 35.0 Å². The number of carbonyl (C=O) groups is 2. The molecule has 2 aliphatic heterocycles. The van der Waals surface area contributed by atoms with Gasteiger partial charge in [-0.1, -0.05) is 57.0 Å². The Labute approximate surface area is 226 Å². The third-order valence-corrected chi connectivity index (χ3v) is 8.98. The van der Waals surface area contributed by atoms with Gasteiger partial charge in [0.25, 0.3) is 0 Å². The molecule has 3 aliphatic rings. The monoisotopic (exact) mass is 547 g/mol. The lowest BCUT2D eigenvalue weighted by molar-refractivity contribution is -0.147. The number of esters is 1. The highest BCUT2D eigenvalue weighted by Crippen LogP contribution is 2.64. The van der Waals surface area contributed by atoms with Gasteiger partial charge in [-0.15, -0.1) is 0 Å². The quantitative estimate of drug-likeness (QED) is 0.361. The fourth-order valence-electron chi connectivity index (χ4n) is 6.64. The number of rotatable bonds is 4. The summed E-state index contributed by atoms with van der Waals surface area (Å²) in [4.78, 5) is 31.9. The van der Waals surface area contributed by atoms with Crippen LogP contribution in [0.15, 0.2) is 30.5 Å². The van der Waals surface area contributed by atoms with Crippen molar-refractivity contribution in [2.45, 2.75) is 76.3 Å². The highest BCUT2D eigenvalue weighted by Gasteiger charge is 2.73. The normalized spacial score (nSPS) is 27.5. The Kier molecular flexibility index (Phi) is 6.57. The zero-order valence-electron chi connectivity index (χ0n) is 21.5. The molecule has 0 bridgehead atoms. The van der Waals surface area contributed by atoms with Gasteiger partial charge in [0.2, 0.25) is 5.91 Å². The van der Waals surface area contributed by atoms with E-state index < -0.39 is 34.7 Å². The van der Waals surface area contributed by atoms with Crippen LogP contribution in [0.4, 0.5) is 10.1 Å². The molecule has 6 nitrogen and oxygen atoms in total. The molecule has 2 spiro atoms. The lowest BCUT2D eigenvalue weighted by Crippen LogP contribution is -2.61. The highest BCUT2D eigenvalue weighted by atomic mass is 35.5. The minimum absolute atomic E-state index is 0.0724. The molecule has 3 heterocycles. The van der Waals surface area contributed by atoms with Crippen molar-refractivity contribution in [2.24, 2.45) is 11.3 Å². The molecule has 1 aromatic carbocycles. The summed E-state index contributed by atoms with van der Waals surface area (Å²) in [5, 5.41) is 6.78. The van der Waals surface area contributed by atoms with Crippen LogP contribution in [0.5, 0.6) is 0 Å². The van der Waals surface area contributed by atoms with E-state index in [1.807, 2.05) is 19.9 Å². The molecule has 1 saturated carbocycles. The van der Waals surface area contributed by atoms with Gasteiger partial charge < -0.3 is 10.1 Å². The number of amides is 1. The smallest absolute Gasteiger partial charge is 0.323 e. The molecule has 9 heteroatoms. The van der Waals surface area contributed by atoms with E-state index in [4.69, 9.17) is 27.9 Å². The zero-order valence-corrected chi connectivity index (χ0v) is 23.0. The van der Waals surface area contributed by atoms with Crippen LogP contribution in [0.1, 0.15) is 70.4 Å². The van der Waals surface area contributed by atoms with Crippen molar-refractivity contribution in [2.75, 3.05) is 11.9 Å². The average Bonchev–Trinajstić information content (AvgIpc) is 3.29. The Morgan fingerprint density at radius 2 is 1.89 bits per heavy atom. The Hall–Kier alpha value is -2.22. The van der Waals surface area contributed by atoms with E-state index in [1.54, 1.807) is 12.1 Å². The van der Waals surface area contributed by atoms with Crippen molar-refractivity contribution in [1.29, 1.82) is 0 Å². The standard InChI is InChI=1S/C28H32Cl2FN3O3/c1-15(2)14-37-24(35)22-20(17-7-12-32-23(30)21(17)31)28(27(34-22)10-8-26(3,4)9-11-27)18-6-5-16(29)13-19(18)33-25(28)36/h5-7,12-13,15,20,22,34H,8-11,14H2,1-4H3,(H,33,36)/t20-,22+,28+/m0/s1. The number of fused-ring (bicyclic) bond motifs is 3. The second-order valence-corrected chi connectivity index (χ2v) is 12.6. The fourth-order valence-corrected chi connectivity index (χ4v) is 6.98. The second kappa shape index (κ2) is 9.21. The maximum absolute atomic E-state index is 15.8. The maximum atomic E-state index is 15.8. The lowest BCUT2D eigenvalue weighted by atomic mass is 9.53. The summed E-state index contributed by atoms with van der Waals surface area (Å²) >= 11 is 12.5. The van der Waals surface area contributed by atoms with Gasteiger partial charge in [0.1, 0.15) is 11.5 Å². The third kappa shape index (κ3) is 4.05. The minimum Gasteiger partial charge on any atom is -0.464 e. The summed E-state index contributed by atoms with van der Waals surface area (Å²) in [6, 6.07) is 5.82. The van der Waals surface area contributed by atoms with E-state index in [1.165, 1.54) is 12.3 Å². The molecule has 2 fully saturated rings. The predicted molar refractivity (Wildman–Crippen MR) is 141 cm³/mol. The van der Waals surface area contributed by atoms with Crippen LogP contribution < -0.4 is 10.6 Å². The molecule has 1 amide bonds. The fraction of sp³-hybridized carbons (Fsp3) is 0.536. The third-order valence-electron chi connectivity index (χ3n) is 8.48. The first-order chi connectivity index (χ1) is 17.4. The largest absolute Gasteiger partial charge is 0.464 e. The van der Waals surface area contributed by atoms with Crippen molar-refractivity contribution in [1.82, 2.24) is 10.3 Å². The van der Waals surface area contributed by atoms with Gasteiger partial charge in [0.05, 0.1) is 6.61 Å². The molecule has 0 unspecified atom stereocenters. The summed E-state index contributed by atoms with van der Waals surface area (Å²) < 4.78 is 21.5.